The number of unbranched alkanes of at least 4 members (excludes halogenated alkanes) is 1. The third kappa shape index (κ3) is 2.87. The van der Waals surface area contributed by atoms with Crippen molar-refractivity contribution in [2.75, 3.05) is 13.2 Å². The summed E-state index contributed by atoms with van der Waals surface area (Å²) in [4.78, 5) is 24.4. The molecule has 0 aliphatic rings. The zero-order chi connectivity index (χ0) is 15.4. The number of para-hydroxylation sites is 2. The van der Waals surface area contributed by atoms with Crippen molar-refractivity contribution in [1.82, 2.24) is 10.0 Å². The molecule has 7 nitrogen and oxygen atoms in total. The predicted octanol–water partition coefficient (Wildman–Crippen LogP) is 0.712. The van der Waals surface area contributed by atoms with Gasteiger partial charge in [-0.1, -0.05) is 12.1 Å². The minimum Gasteiger partial charge on any atom is -0.805 e. The lowest BCUT2D eigenvalue weighted by Crippen LogP contribution is -2.37. The van der Waals surface area contributed by atoms with Crippen molar-refractivity contribution in [2.24, 2.45) is 0 Å². The Morgan fingerprint density at radius 3 is 2.81 bits per heavy atom. The van der Waals surface area contributed by atoms with Crippen molar-refractivity contribution in [3.05, 3.63) is 45.8 Å². The maximum absolute atomic E-state index is 12.3. The normalized spacial score (nSPS) is 10.8. The van der Waals surface area contributed by atoms with E-state index in [4.69, 9.17) is 5.11 Å². The van der Waals surface area contributed by atoms with E-state index in [1.165, 1.54) is 19.1 Å². The molecule has 0 aliphatic carbocycles. The molecule has 0 unspecified atom stereocenters. The third-order valence-corrected chi connectivity index (χ3v) is 3.26. The van der Waals surface area contributed by atoms with Crippen LogP contribution in [0.15, 0.2) is 24.3 Å². The fourth-order valence-electron chi connectivity index (χ4n) is 2.13. The Bertz CT molecular complexity index is 724. The molecule has 2 N–H and O–H groups in total. The summed E-state index contributed by atoms with van der Waals surface area (Å²) < 4.78 is 1.08. The summed E-state index contributed by atoms with van der Waals surface area (Å²) in [5, 5.41) is 23.4. The third-order valence-electron chi connectivity index (χ3n) is 3.26. The summed E-state index contributed by atoms with van der Waals surface area (Å²) >= 11 is 0. The topological polar surface area (TPSA) is 100 Å². The van der Waals surface area contributed by atoms with Crippen molar-refractivity contribution in [3.63, 3.8) is 0 Å². The van der Waals surface area contributed by atoms with Crippen LogP contribution in [0.3, 0.4) is 0 Å². The van der Waals surface area contributed by atoms with Gasteiger partial charge < -0.3 is 20.4 Å². The Kier molecular flexibility index (Phi) is 4.54. The molecule has 2 aromatic rings. The zero-order valence-electron chi connectivity index (χ0n) is 11.7. The molecule has 0 bridgehead atoms. The van der Waals surface area contributed by atoms with Crippen LogP contribution >= 0.6 is 0 Å². The number of carbonyl (C=O) groups is 1. The highest BCUT2D eigenvalue weighted by Crippen LogP contribution is 2.13. The van der Waals surface area contributed by atoms with E-state index >= 15 is 0 Å². The molecule has 21 heavy (non-hydrogen) atoms. The van der Waals surface area contributed by atoms with Gasteiger partial charge in [0.25, 0.3) is 5.52 Å². The maximum Gasteiger partial charge on any atom is 0.346 e. The largest absolute Gasteiger partial charge is 0.805 e. The van der Waals surface area contributed by atoms with Crippen LogP contribution in [0, 0.1) is 17.0 Å². The van der Waals surface area contributed by atoms with Gasteiger partial charge in [-0.05, 0) is 25.8 Å². The minimum atomic E-state index is -0.587. The lowest BCUT2D eigenvalue weighted by Gasteiger charge is -2.16. The fourth-order valence-corrected chi connectivity index (χ4v) is 2.13. The second-order valence-electron chi connectivity index (χ2n) is 4.70. The smallest absolute Gasteiger partial charge is 0.346 e. The van der Waals surface area contributed by atoms with Crippen LogP contribution in [0.5, 0.6) is 0 Å². The van der Waals surface area contributed by atoms with Crippen LogP contribution < -0.4 is 9.74 Å². The zero-order valence-corrected chi connectivity index (χ0v) is 11.7. The molecule has 1 aromatic carbocycles. The molecule has 1 heterocycles. The summed E-state index contributed by atoms with van der Waals surface area (Å²) in [5.74, 6) is -0.587. The van der Waals surface area contributed by atoms with Crippen LogP contribution in [-0.2, 0) is 0 Å². The quantitative estimate of drug-likeness (QED) is 0.626. The van der Waals surface area contributed by atoms with E-state index in [9.17, 15) is 14.9 Å². The number of rotatable bonds is 5. The Morgan fingerprint density at radius 2 is 2.10 bits per heavy atom. The minimum absolute atomic E-state index is 0.0486. The molecule has 0 fully saturated rings. The molecule has 0 atom stereocenters. The summed E-state index contributed by atoms with van der Waals surface area (Å²) in [7, 11) is 0. The first-order valence-corrected chi connectivity index (χ1v) is 6.71. The van der Waals surface area contributed by atoms with Gasteiger partial charge >= 0.3 is 11.6 Å². The maximum atomic E-state index is 12.3. The lowest BCUT2D eigenvalue weighted by atomic mass is 10.2. The van der Waals surface area contributed by atoms with E-state index in [0.29, 0.717) is 28.5 Å². The van der Waals surface area contributed by atoms with Crippen LogP contribution in [0.1, 0.15) is 29.0 Å². The highest BCUT2D eigenvalue weighted by atomic mass is 16.5. The average molecular weight is 291 g/mol. The molecule has 0 spiro atoms. The standard InChI is InChI=1S/C14H17N3O4/c1-10-13(14(19)15-8-4-5-9-18)17(21)12-7-3-2-6-11(12)16(10)20/h2-3,6-7,18H,4-5,8-9H2,1H3,(H,15,19). The van der Waals surface area contributed by atoms with Gasteiger partial charge in [0.15, 0.2) is 0 Å². The van der Waals surface area contributed by atoms with Crippen LogP contribution in [0.4, 0.5) is 0 Å². The van der Waals surface area contributed by atoms with Gasteiger partial charge in [0.05, 0.1) is 10.1 Å². The number of nitrogens with one attached hydrogen (secondary N) is 1. The lowest BCUT2D eigenvalue weighted by molar-refractivity contribution is -0.468. The van der Waals surface area contributed by atoms with E-state index in [1.807, 2.05) is 0 Å². The fraction of sp³-hybridized carbons (Fsp3) is 0.357. The van der Waals surface area contributed by atoms with Gasteiger partial charge in [0.1, 0.15) is 5.52 Å². The molecule has 0 saturated carbocycles. The van der Waals surface area contributed by atoms with Crippen molar-refractivity contribution in [1.29, 1.82) is 0 Å². The molecule has 7 heteroatoms. The second kappa shape index (κ2) is 6.36. The number of aromatic nitrogens is 2. The Balaban J connectivity index is 2.40. The molecule has 0 aliphatic heterocycles. The summed E-state index contributed by atoms with van der Waals surface area (Å²) in [6.45, 7) is 1.83. The Labute approximate surface area is 121 Å². The van der Waals surface area contributed by atoms with E-state index in [0.717, 1.165) is 0 Å². The molecule has 2 rings (SSSR count). The number of nitrogens with zero attached hydrogens (tertiary/aromatic N) is 2. The molecule has 0 radical (unpaired) electrons. The van der Waals surface area contributed by atoms with Gasteiger partial charge in [0, 0.05) is 24.1 Å². The van der Waals surface area contributed by atoms with Gasteiger partial charge in [0.2, 0.25) is 0 Å². The predicted molar refractivity (Wildman–Crippen MR) is 77.5 cm³/mol. The molecule has 1 aromatic heterocycles. The number of aliphatic hydroxyl groups is 1. The van der Waals surface area contributed by atoms with Crippen molar-refractivity contribution < 1.29 is 14.3 Å². The van der Waals surface area contributed by atoms with Gasteiger partial charge in [-0.15, -0.1) is 0 Å². The summed E-state index contributed by atoms with van der Waals surface area (Å²) in [5.41, 5.74) is 0.233. The van der Waals surface area contributed by atoms with Crippen molar-refractivity contribution >= 4 is 16.9 Å². The van der Waals surface area contributed by atoms with Gasteiger partial charge in [-0.2, -0.15) is 0 Å². The van der Waals surface area contributed by atoms with Crippen LogP contribution in [-0.4, -0.2) is 28.9 Å². The highest BCUT2D eigenvalue weighted by molar-refractivity contribution is 5.93. The molecular weight excluding hydrogens is 274 g/mol. The second-order valence-corrected chi connectivity index (χ2v) is 4.70. The van der Waals surface area contributed by atoms with Gasteiger partial charge in [-0.3, -0.25) is 4.79 Å². The first-order chi connectivity index (χ1) is 10.1. The van der Waals surface area contributed by atoms with E-state index in [2.05, 4.69) is 5.32 Å². The monoisotopic (exact) mass is 291 g/mol. The number of fused-ring (bicyclic) bond motifs is 1. The number of amides is 1. The van der Waals surface area contributed by atoms with Crippen molar-refractivity contribution in [2.45, 2.75) is 19.8 Å². The SMILES string of the molecule is Cc1c(C(=O)NCCCCO)[n+](=O)c2ccccc2n1[O-]. The first kappa shape index (κ1) is 15.0. The Hall–Kier alpha value is -2.41. The van der Waals surface area contributed by atoms with Crippen molar-refractivity contribution in [3.8, 4) is 0 Å². The first-order valence-electron chi connectivity index (χ1n) is 6.71. The number of hydrogen-bond donors (Lipinski definition) is 2. The number of benzene rings is 1. The molecule has 112 valence electrons. The average Bonchev–Trinajstić information content (AvgIpc) is 2.49. The van der Waals surface area contributed by atoms with Crippen LogP contribution in [0.25, 0.3) is 11.0 Å². The number of hydrogen-bond acceptors (Lipinski definition) is 4. The Morgan fingerprint density at radius 1 is 1.38 bits per heavy atom. The van der Waals surface area contributed by atoms with Crippen LogP contribution in [0.2, 0.25) is 0 Å². The van der Waals surface area contributed by atoms with E-state index < -0.39 is 5.91 Å². The van der Waals surface area contributed by atoms with Gasteiger partial charge in [-0.25, -0.2) is 0 Å². The van der Waals surface area contributed by atoms with E-state index in [-0.39, 0.29) is 29.0 Å². The molecular formula is C14H17N3O4. The summed E-state index contributed by atoms with van der Waals surface area (Å²) in [6.07, 6.45) is 1.17. The molecule has 0 saturated heterocycles. The highest BCUT2D eigenvalue weighted by Gasteiger charge is 2.26. The summed E-state index contributed by atoms with van der Waals surface area (Å²) in [6, 6.07) is 6.32. The molecule has 1 amide bonds. The number of carbonyl (C=O) groups excluding carboxylic acids is 1. The van der Waals surface area contributed by atoms with E-state index in [1.54, 1.807) is 12.1 Å². The number of aliphatic hydroxyl groups excluding tert-OH is 1.